The van der Waals surface area contributed by atoms with Crippen LogP contribution in [-0.4, -0.2) is 58.0 Å². The smallest absolute Gasteiger partial charge is 0.243 e. The summed E-state index contributed by atoms with van der Waals surface area (Å²) in [5, 5.41) is 2.62. The van der Waals surface area contributed by atoms with E-state index in [-0.39, 0.29) is 16.3 Å². The molecule has 2 atom stereocenters. The summed E-state index contributed by atoms with van der Waals surface area (Å²) in [6.07, 6.45) is 1.01. The van der Waals surface area contributed by atoms with Crippen LogP contribution in [0.2, 0.25) is 0 Å². The van der Waals surface area contributed by atoms with Gasteiger partial charge in [0.15, 0.2) is 0 Å². The molecule has 1 fully saturated rings. The van der Waals surface area contributed by atoms with Gasteiger partial charge in [-0.25, -0.2) is 16.8 Å². The van der Waals surface area contributed by atoms with Crippen LogP contribution in [0.4, 0.5) is 5.69 Å². The number of nitrogens with one attached hydrogen (secondary N) is 1. The first-order valence-corrected chi connectivity index (χ1v) is 13.7. The third kappa shape index (κ3) is 6.00. The number of likely N-dealkylation sites (N-methyl/N-ethyl adjacent to an activating group) is 1. The van der Waals surface area contributed by atoms with Crippen molar-refractivity contribution in [3.8, 4) is 0 Å². The number of benzene rings is 2. The van der Waals surface area contributed by atoms with Gasteiger partial charge in [-0.3, -0.25) is 4.79 Å². The molecule has 1 heterocycles. The Morgan fingerprint density at radius 2 is 1.45 bits per heavy atom. The Labute approximate surface area is 196 Å². The molecule has 1 N–H and O–H groups in total. The minimum atomic E-state index is -3.80. The fourth-order valence-electron chi connectivity index (χ4n) is 4.04. The molecule has 8 nitrogen and oxygen atoms in total. The number of hydrogen-bond acceptors (Lipinski definition) is 5. The van der Waals surface area contributed by atoms with Gasteiger partial charge in [-0.05, 0) is 61.6 Å². The Kier molecular flexibility index (Phi) is 7.62. The van der Waals surface area contributed by atoms with Crippen molar-refractivity contribution in [3.63, 3.8) is 0 Å². The molecule has 1 aliphatic rings. The molecule has 0 bridgehead atoms. The van der Waals surface area contributed by atoms with E-state index in [1.54, 1.807) is 12.1 Å². The topological polar surface area (TPSA) is 104 Å². The van der Waals surface area contributed by atoms with Crippen molar-refractivity contribution in [2.75, 3.05) is 32.0 Å². The maximum atomic E-state index is 13.0. The lowest BCUT2D eigenvalue weighted by molar-refractivity contribution is -0.116. The van der Waals surface area contributed by atoms with Crippen LogP contribution in [-0.2, 0) is 24.8 Å². The van der Waals surface area contributed by atoms with Crippen LogP contribution in [0.3, 0.4) is 0 Å². The Bertz CT molecular complexity index is 1180. The summed E-state index contributed by atoms with van der Waals surface area (Å²) in [5.74, 6) is 0.0769. The van der Waals surface area contributed by atoms with Gasteiger partial charge >= 0.3 is 0 Å². The average Bonchev–Trinajstić information content (AvgIpc) is 2.73. The molecule has 0 spiro atoms. The van der Waals surface area contributed by atoms with E-state index in [0.717, 1.165) is 16.3 Å². The Morgan fingerprint density at radius 1 is 0.939 bits per heavy atom. The van der Waals surface area contributed by atoms with Crippen LogP contribution < -0.4 is 5.32 Å². The molecular weight excluding hydrogens is 462 g/mol. The molecule has 1 amide bonds. The zero-order valence-corrected chi connectivity index (χ0v) is 21.0. The summed E-state index contributed by atoms with van der Waals surface area (Å²) >= 11 is 0. The van der Waals surface area contributed by atoms with Crippen LogP contribution >= 0.6 is 0 Å². The van der Waals surface area contributed by atoms with Gasteiger partial charge in [0.2, 0.25) is 26.0 Å². The maximum absolute atomic E-state index is 13.0. The summed E-state index contributed by atoms with van der Waals surface area (Å²) in [6.45, 7) is 6.57. The number of amides is 1. The van der Waals surface area contributed by atoms with Crippen LogP contribution in [0.5, 0.6) is 0 Å². The van der Waals surface area contributed by atoms with Gasteiger partial charge in [-0.1, -0.05) is 31.5 Å². The standard InChI is InChI=1S/C23H31N3O5S2/c1-17-5-9-21(10-6-17)32(28,29)25(4)16-23(27)24-20-7-11-22(12-8-20)33(30,31)26-14-18(2)13-19(3)15-26/h5-12,18-19H,13-16H2,1-4H3,(H,24,27)/t18-,19-/m1/s1. The first-order valence-electron chi connectivity index (χ1n) is 10.8. The number of rotatable bonds is 7. The predicted molar refractivity (Wildman–Crippen MR) is 128 cm³/mol. The largest absolute Gasteiger partial charge is 0.325 e. The van der Waals surface area contributed by atoms with E-state index in [1.165, 1.54) is 47.8 Å². The number of anilines is 1. The summed E-state index contributed by atoms with van der Waals surface area (Å²) in [5.41, 5.74) is 1.32. The van der Waals surface area contributed by atoms with Crippen LogP contribution in [0, 0.1) is 18.8 Å². The van der Waals surface area contributed by atoms with Gasteiger partial charge in [0.1, 0.15) is 0 Å². The maximum Gasteiger partial charge on any atom is 0.243 e. The number of nitrogens with zero attached hydrogens (tertiary/aromatic N) is 2. The highest BCUT2D eigenvalue weighted by Crippen LogP contribution is 2.27. The number of hydrogen-bond donors (Lipinski definition) is 1. The third-order valence-corrected chi connectivity index (χ3v) is 9.37. The second-order valence-corrected chi connectivity index (χ2v) is 12.9. The molecule has 0 saturated carbocycles. The lowest BCUT2D eigenvalue weighted by Crippen LogP contribution is -2.42. The van der Waals surface area contributed by atoms with E-state index >= 15 is 0 Å². The molecule has 1 aliphatic heterocycles. The summed E-state index contributed by atoms with van der Waals surface area (Å²) in [6, 6.07) is 12.3. The van der Waals surface area contributed by atoms with Crippen molar-refractivity contribution < 1.29 is 21.6 Å². The summed E-state index contributed by atoms with van der Waals surface area (Å²) in [4.78, 5) is 12.7. The molecular formula is C23H31N3O5S2. The number of sulfonamides is 2. The van der Waals surface area contributed by atoms with Crippen LogP contribution in [0.1, 0.15) is 25.8 Å². The molecule has 3 rings (SSSR count). The Balaban J connectivity index is 1.64. The molecule has 2 aromatic carbocycles. The van der Waals surface area contributed by atoms with Gasteiger partial charge in [0.05, 0.1) is 16.3 Å². The minimum Gasteiger partial charge on any atom is -0.325 e. The highest BCUT2D eigenvalue weighted by atomic mass is 32.2. The SMILES string of the molecule is Cc1ccc(S(=O)(=O)N(C)CC(=O)Nc2ccc(S(=O)(=O)N3C[C@H](C)C[C@@H](C)C3)cc2)cc1. The van der Waals surface area contributed by atoms with E-state index in [0.29, 0.717) is 30.6 Å². The minimum absolute atomic E-state index is 0.110. The molecule has 0 unspecified atom stereocenters. The quantitative estimate of drug-likeness (QED) is 0.639. The van der Waals surface area contributed by atoms with E-state index in [9.17, 15) is 21.6 Å². The van der Waals surface area contributed by atoms with Gasteiger partial charge in [-0.15, -0.1) is 0 Å². The molecule has 1 saturated heterocycles. The fraction of sp³-hybridized carbons (Fsp3) is 0.435. The fourth-order valence-corrected chi connectivity index (χ4v) is 6.85. The lowest BCUT2D eigenvalue weighted by Gasteiger charge is -2.34. The summed E-state index contributed by atoms with van der Waals surface area (Å²) in [7, 11) is -6.08. The second kappa shape index (κ2) is 9.92. The van der Waals surface area contributed by atoms with E-state index in [2.05, 4.69) is 5.32 Å². The Hall–Kier alpha value is -2.27. The normalized spacial score (nSPS) is 20.0. The molecule has 2 aromatic rings. The zero-order valence-electron chi connectivity index (χ0n) is 19.4. The molecule has 0 radical (unpaired) electrons. The Morgan fingerprint density at radius 3 is 2.00 bits per heavy atom. The van der Waals surface area contributed by atoms with E-state index in [1.807, 2.05) is 20.8 Å². The van der Waals surface area contributed by atoms with Crippen molar-refractivity contribution in [3.05, 3.63) is 54.1 Å². The van der Waals surface area contributed by atoms with Crippen molar-refractivity contribution in [1.29, 1.82) is 0 Å². The van der Waals surface area contributed by atoms with Crippen molar-refractivity contribution in [2.24, 2.45) is 11.8 Å². The molecule has 0 aromatic heterocycles. The van der Waals surface area contributed by atoms with Gasteiger partial charge < -0.3 is 5.32 Å². The molecule has 180 valence electrons. The van der Waals surface area contributed by atoms with Crippen molar-refractivity contribution in [2.45, 2.75) is 37.0 Å². The third-order valence-electron chi connectivity index (χ3n) is 5.71. The number of carbonyl (C=O) groups excluding carboxylic acids is 1. The second-order valence-electron chi connectivity index (χ2n) is 8.91. The molecule has 0 aliphatic carbocycles. The van der Waals surface area contributed by atoms with Gasteiger partial charge in [-0.2, -0.15) is 8.61 Å². The zero-order chi connectivity index (χ0) is 24.4. The molecule has 33 heavy (non-hydrogen) atoms. The van der Waals surface area contributed by atoms with Crippen LogP contribution in [0.15, 0.2) is 58.3 Å². The lowest BCUT2D eigenvalue weighted by atomic mass is 9.94. The number of piperidine rings is 1. The first-order chi connectivity index (χ1) is 15.4. The monoisotopic (exact) mass is 493 g/mol. The van der Waals surface area contributed by atoms with Crippen molar-refractivity contribution >= 4 is 31.6 Å². The highest BCUT2D eigenvalue weighted by Gasteiger charge is 2.31. The van der Waals surface area contributed by atoms with Crippen LogP contribution in [0.25, 0.3) is 0 Å². The van der Waals surface area contributed by atoms with Gasteiger partial charge in [0.25, 0.3) is 0 Å². The highest BCUT2D eigenvalue weighted by molar-refractivity contribution is 7.89. The number of aryl methyl sites for hydroxylation is 1. The predicted octanol–water partition coefficient (Wildman–Crippen LogP) is 2.92. The first kappa shape index (κ1) is 25.4. The van der Waals surface area contributed by atoms with Crippen molar-refractivity contribution in [1.82, 2.24) is 8.61 Å². The molecule has 10 heteroatoms. The van der Waals surface area contributed by atoms with E-state index in [4.69, 9.17) is 0 Å². The van der Waals surface area contributed by atoms with Gasteiger partial charge in [0, 0.05) is 25.8 Å². The summed E-state index contributed by atoms with van der Waals surface area (Å²) < 4.78 is 53.8. The average molecular weight is 494 g/mol. The number of carbonyl (C=O) groups is 1. The van der Waals surface area contributed by atoms with E-state index < -0.39 is 26.0 Å².